The van der Waals surface area contributed by atoms with Gasteiger partial charge in [0.2, 0.25) is 0 Å². The summed E-state index contributed by atoms with van der Waals surface area (Å²) in [6.07, 6.45) is 0. The van der Waals surface area contributed by atoms with E-state index in [0.717, 1.165) is 22.3 Å². The molecule has 2 rings (SSSR count). The van der Waals surface area contributed by atoms with Crippen LogP contribution in [0.25, 0.3) is 5.57 Å². The van der Waals surface area contributed by atoms with Crippen LogP contribution in [0.4, 0.5) is 0 Å². The van der Waals surface area contributed by atoms with E-state index in [-0.39, 0.29) is 6.61 Å². The maximum atomic E-state index is 8.65. The fraction of sp³-hybridized carbons (Fsp3) is 0.125. The summed E-state index contributed by atoms with van der Waals surface area (Å²) in [5.41, 5.74) is 4.34. The minimum Gasteiger partial charge on any atom is -0.251 e. The zero-order valence-corrected chi connectivity index (χ0v) is 10.3. The summed E-state index contributed by atoms with van der Waals surface area (Å²) in [6, 6.07) is 20.2. The van der Waals surface area contributed by atoms with Gasteiger partial charge in [-0.15, -0.1) is 0 Å². The Morgan fingerprint density at radius 2 is 1.33 bits per heavy atom. The van der Waals surface area contributed by atoms with Crippen LogP contribution in [0.2, 0.25) is 0 Å². The average Bonchev–Trinajstić information content (AvgIpc) is 2.42. The van der Waals surface area contributed by atoms with E-state index in [2.05, 4.69) is 29.2 Å². The van der Waals surface area contributed by atoms with E-state index in [0.29, 0.717) is 0 Å². The SMILES string of the molecule is CC(COO)=C(c1ccccc1)c1ccccc1. The van der Waals surface area contributed by atoms with Crippen molar-refractivity contribution in [3.05, 3.63) is 77.4 Å². The van der Waals surface area contributed by atoms with E-state index in [1.807, 2.05) is 43.3 Å². The van der Waals surface area contributed by atoms with Gasteiger partial charge in [0.1, 0.15) is 6.61 Å². The molecule has 0 amide bonds. The summed E-state index contributed by atoms with van der Waals surface area (Å²) in [6.45, 7) is 2.17. The molecule has 0 heterocycles. The summed E-state index contributed by atoms with van der Waals surface area (Å²) < 4.78 is 0. The molecule has 0 unspecified atom stereocenters. The second-order valence-electron chi connectivity index (χ2n) is 4.16. The normalized spacial score (nSPS) is 10.1. The topological polar surface area (TPSA) is 29.5 Å². The third kappa shape index (κ3) is 2.86. The molecule has 2 aromatic rings. The maximum absolute atomic E-state index is 8.65. The van der Waals surface area contributed by atoms with Gasteiger partial charge in [0.15, 0.2) is 0 Å². The number of hydrogen-bond acceptors (Lipinski definition) is 2. The van der Waals surface area contributed by atoms with E-state index in [9.17, 15) is 0 Å². The van der Waals surface area contributed by atoms with Crippen molar-refractivity contribution in [1.82, 2.24) is 0 Å². The van der Waals surface area contributed by atoms with Gasteiger partial charge < -0.3 is 0 Å². The van der Waals surface area contributed by atoms with Gasteiger partial charge in [0.05, 0.1) is 0 Å². The molecule has 0 atom stereocenters. The lowest BCUT2D eigenvalue weighted by Gasteiger charge is -2.12. The first-order valence-corrected chi connectivity index (χ1v) is 5.90. The van der Waals surface area contributed by atoms with Crippen LogP contribution < -0.4 is 0 Å². The van der Waals surface area contributed by atoms with Gasteiger partial charge in [-0.3, -0.25) is 5.26 Å². The first-order chi connectivity index (χ1) is 8.83. The Morgan fingerprint density at radius 1 is 0.889 bits per heavy atom. The van der Waals surface area contributed by atoms with E-state index in [4.69, 9.17) is 5.26 Å². The average molecular weight is 240 g/mol. The first kappa shape index (κ1) is 12.6. The fourth-order valence-corrected chi connectivity index (χ4v) is 2.04. The molecular weight excluding hydrogens is 224 g/mol. The standard InChI is InChI=1S/C16H16O2/c1-13(12-18-17)16(14-8-4-2-5-9-14)15-10-6-3-7-11-15/h2-11,17H,12H2,1H3. The maximum Gasteiger partial charge on any atom is 0.104 e. The predicted octanol–water partition coefficient (Wildman–Crippen LogP) is 4.00. The highest BCUT2D eigenvalue weighted by Crippen LogP contribution is 2.26. The number of benzene rings is 2. The van der Waals surface area contributed by atoms with Crippen LogP contribution in [0.15, 0.2) is 66.2 Å². The van der Waals surface area contributed by atoms with Crippen LogP contribution in [0.5, 0.6) is 0 Å². The Bertz CT molecular complexity index is 474. The van der Waals surface area contributed by atoms with Crippen molar-refractivity contribution in [2.45, 2.75) is 6.92 Å². The molecule has 0 saturated heterocycles. The Kier molecular flexibility index (Phi) is 4.29. The van der Waals surface area contributed by atoms with Crippen molar-refractivity contribution in [2.24, 2.45) is 0 Å². The Hall–Kier alpha value is -1.90. The van der Waals surface area contributed by atoms with Crippen molar-refractivity contribution in [1.29, 1.82) is 0 Å². The highest BCUT2D eigenvalue weighted by atomic mass is 17.1. The second-order valence-corrected chi connectivity index (χ2v) is 4.16. The van der Waals surface area contributed by atoms with Crippen molar-refractivity contribution in [3.8, 4) is 0 Å². The van der Waals surface area contributed by atoms with Crippen molar-refractivity contribution >= 4 is 5.57 Å². The Balaban J connectivity index is 2.52. The van der Waals surface area contributed by atoms with E-state index in [1.165, 1.54) is 0 Å². The van der Waals surface area contributed by atoms with Gasteiger partial charge >= 0.3 is 0 Å². The minimum atomic E-state index is 0.207. The highest BCUT2D eigenvalue weighted by Gasteiger charge is 2.08. The molecule has 92 valence electrons. The summed E-state index contributed by atoms with van der Waals surface area (Å²) in [5.74, 6) is 0. The van der Waals surface area contributed by atoms with Crippen LogP contribution in [-0.2, 0) is 4.89 Å². The van der Waals surface area contributed by atoms with Gasteiger partial charge in [-0.05, 0) is 29.2 Å². The molecule has 1 N–H and O–H groups in total. The molecule has 2 heteroatoms. The Labute approximate surface area is 107 Å². The zero-order valence-electron chi connectivity index (χ0n) is 10.3. The molecule has 18 heavy (non-hydrogen) atoms. The van der Waals surface area contributed by atoms with E-state index < -0.39 is 0 Å². The molecule has 2 aromatic carbocycles. The lowest BCUT2D eigenvalue weighted by atomic mass is 9.94. The van der Waals surface area contributed by atoms with Gasteiger partial charge in [-0.2, -0.15) is 0 Å². The summed E-state index contributed by atoms with van der Waals surface area (Å²) in [7, 11) is 0. The molecule has 0 aromatic heterocycles. The molecular formula is C16H16O2. The van der Waals surface area contributed by atoms with Gasteiger partial charge in [-0.1, -0.05) is 60.7 Å². The third-order valence-electron chi connectivity index (χ3n) is 2.83. The Morgan fingerprint density at radius 3 is 1.72 bits per heavy atom. The highest BCUT2D eigenvalue weighted by molar-refractivity contribution is 5.81. The number of hydrogen-bond donors (Lipinski definition) is 1. The molecule has 0 aliphatic carbocycles. The molecule has 2 nitrogen and oxygen atoms in total. The summed E-state index contributed by atoms with van der Waals surface area (Å²) in [5, 5.41) is 8.65. The summed E-state index contributed by atoms with van der Waals surface area (Å²) in [4.78, 5) is 4.27. The minimum absolute atomic E-state index is 0.207. The van der Waals surface area contributed by atoms with Gasteiger partial charge in [0.25, 0.3) is 0 Å². The monoisotopic (exact) mass is 240 g/mol. The third-order valence-corrected chi connectivity index (χ3v) is 2.83. The number of rotatable bonds is 4. The lowest BCUT2D eigenvalue weighted by Crippen LogP contribution is -1.98. The first-order valence-electron chi connectivity index (χ1n) is 5.90. The van der Waals surface area contributed by atoms with Crippen molar-refractivity contribution < 1.29 is 10.1 Å². The molecule has 0 aliphatic rings. The lowest BCUT2D eigenvalue weighted by molar-refractivity contribution is -0.233. The second kappa shape index (κ2) is 6.15. The van der Waals surface area contributed by atoms with Crippen molar-refractivity contribution in [2.75, 3.05) is 6.61 Å². The molecule has 0 fully saturated rings. The van der Waals surface area contributed by atoms with Crippen LogP contribution in [0.3, 0.4) is 0 Å². The van der Waals surface area contributed by atoms with E-state index >= 15 is 0 Å². The van der Waals surface area contributed by atoms with Gasteiger partial charge in [-0.25, -0.2) is 4.89 Å². The van der Waals surface area contributed by atoms with Crippen LogP contribution >= 0.6 is 0 Å². The van der Waals surface area contributed by atoms with Crippen LogP contribution in [0.1, 0.15) is 18.1 Å². The van der Waals surface area contributed by atoms with Gasteiger partial charge in [0, 0.05) is 0 Å². The molecule has 0 radical (unpaired) electrons. The molecule has 0 spiro atoms. The smallest absolute Gasteiger partial charge is 0.104 e. The van der Waals surface area contributed by atoms with Crippen molar-refractivity contribution in [3.63, 3.8) is 0 Å². The van der Waals surface area contributed by atoms with E-state index in [1.54, 1.807) is 0 Å². The molecule has 0 aliphatic heterocycles. The molecule has 0 saturated carbocycles. The fourth-order valence-electron chi connectivity index (χ4n) is 2.04. The molecule has 0 bridgehead atoms. The van der Waals surface area contributed by atoms with Crippen LogP contribution in [-0.4, -0.2) is 11.9 Å². The quantitative estimate of drug-likeness (QED) is 0.646. The summed E-state index contributed by atoms with van der Waals surface area (Å²) >= 11 is 0. The zero-order chi connectivity index (χ0) is 12.8. The predicted molar refractivity (Wildman–Crippen MR) is 73.2 cm³/mol. The largest absolute Gasteiger partial charge is 0.251 e. The van der Waals surface area contributed by atoms with Crippen LogP contribution in [0, 0.1) is 0 Å².